The number of nitrogens with zero attached hydrogens (tertiary/aromatic N) is 2. The molecule has 1 aromatic carbocycles. The lowest BCUT2D eigenvalue weighted by Gasteiger charge is -2.25. The first-order valence-electron chi connectivity index (χ1n) is 7.24. The predicted molar refractivity (Wildman–Crippen MR) is 84.7 cm³/mol. The molecule has 2 aromatic rings. The monoisotopic (exact) mass is 313 g/mol. The number of carbonyl (C=O) groups is 2. The van der Waals surface area contributed by atoms with Gasteiger partial charge in [-0.15, -0.1) is 0 Å². The zero-order chi connectivity index (χ0) is 16.7. The van der Waals surface area contributed by atoms with Gasteiger partial charge in [0.25, 0.3) is 5.91 Å². The Morgan fingerprint density at radius 1 is 1.17 bits per heavy atom. The Balaban J connectivity index is 1.84. The molecular weight excluding hydrogens is 294 g/mol. The summed E-state index contributed by atoms with van der Waals surface area (Å²) in [5.41, 5.74) is 0.399. The maximum Gasteiger partial charge on any atom is 0.310 e. The van der Waals surface area contributed by atoms with Crippen molar-refractivity contribution in [3.63, 3.8) is 0 Å². The van der Waals surface area contributed by atoms with E-state index in [-0.39, 0.29) is 30.6 Å². The number of hydrogen-bond donors (Lipinski definition) is 1. The van der Waals surface area contributed by atoms with Gasteiger partial charge in [0.2, 0.25) is 0 Å². The molecule has 1 heterocycles. The van der Waals surface area contributed by atoms with E-state index in [4.69, 9.17) is 4.74 Å². The molecule has 0 spiro atoms. The van der Waals surface area contributed by atoms with Crippen LogP contribution in [0.2, 0.25) is 0 Å². The summed E-state index contributed by atoms with van der Waals surface area (Å²) in [4.78, 5) is 31.7. The minimum absolute atomic E-state index is 0.0741. The number of esters is 1. The predicted octanol–water partition coefficient (Wildman–Crippen LogP) is 1.77. The van der Waals surface area contributed by atoms with E-state index >= 15 is 0 Å². The van der Waals surface area contributed by atoms with Gasteiger partial charge < -0.3 is 10.1 Å². The van der Waals surface area contributed by atoms with Gasteiger partial charge in [-0.05, 0) is 19.4 Å². The normalized spacial score (nSPS) is 10.9. The number of ether oxygens (including phenoxy) is 1. The quantitative estimate of drug-likeness (QED) is 0.822. The van der Waals surface area contributed by atoms with Crippen LogP contribution in [0.15, 0.2) is 48.9 Å². The molecule has 0 saturated heterocycles. The van der Waals surface area contributed by atoms with Crippen molar-refractivity contribution < 1.29 is 14.3 Å². The fourth-order valence-electron chi connectivity index (χ4n) is 1.90. The Bertz CT molecular complexity index is 657. The van der Waals surface area contributed by atoms with Crippen molar-refractivity contribution in [3.05, 3.63) is 60.2 Å². The van der Waals surface area contributed by atoms with Crippen LogP contribution in [0, 0.1) is 0 Å². The molecule has 2 rings (SSSR count). The molecule has 0 aliphatic heterocycles. The Labute approximate surface area is 134 Å². The molecule has 0 atom stereocenters. The molecule has 0 saturated carbocycles. The number of carbonyl (C=O) groups excluding carboxylic acids is 2. The number of benzene rings is 1. The highest BCUT2D eigenvalue weighted by atomic mass is 16.5. The summed E-state index contributed by atoms with van der Waals surface area (Å²) in [5, 5.41) is 2.77. The lowest BCUT2D eigenvalue weighted by molar-refractivity contribution is -0.144. The first-order valence-corrected chi connectivity index (χ1v) is 7.24. The SMILES string of the molecule is CC(C)(COC(=O)Cc1ccccc1)NC(=O)c1cnccn1. The van der Waals surface area contributed by atoms with Crippen LogP contribution < -0.4 is 5.32 Å². The summed E-state index contributed by atoms with van der Waals surface area (Å²) in [5.74, 6) is -0.694. The molecule has 6 heteroatoms. The van der Waals surface area contributed by atoms with Crippen molar-refractivity contribution in [2.75, 3.05) is 6.61 Å². The second kappa shape index (κ2) is 7.49. The molecule has 120 valence electrons. The zero-order valence-electron chi connectivity index (χ0n) is 13.2. The third-order valence-corrected chi connectivity index (χ3v) is 3.03. The van der Waals surface area contributed by atoms with Crippen LogP contribution in [0.25, 0.3) is 0 Å². The number of hydrogen-bond acceptors (Lipinski definition) is 5. The summed E-state index contributed by atoms with van der Waals surface area (Å²) < 4.78 is 5.26. The maximum absolute atomic E-state index is 12.0. The minimum atomic E-state index is -0.707. The summed E-state index contributed by atoms with van der Waals surface area (Å²) in [7, 11) is 0. The second-order valence-electron chi connectivity index (χ2n) is 5.75. The summed E-state index contributed by atoms with van der Waals surface area (Å²) in [6.45, 7) is 3.62. The Morgan fingerprint density at radius 2 is 1.91 bits per heavy atom. The zero-order valence-corrected chi connectivity index (χ0v) is 13.2. The van der Waals surface area contributed by atoms with E-state index in [1.165, 1.54) is 18.6 Å². The van der Waals surface area contributed by atoms with Crippen molar-refractivity contribution in [1.82, 2.24) is 15.3 Å². The first kappa shape index (κ1) is 16.6. The van der Waals surface area contributed by atoms with E-state index in [2.05, 4.69) is 15.3 Å². The van der Waals surface area contributed by atoms with Crippen LogP contribution in [-0.2, 0) is 16.0 Å². The van der Waals surface area contributed by atoms with Crippen LogP contribution in [0.4, 0.5) is 0 Å². The van der Waals surface area contributed by atoms with E-state index in [0.29, 0.717) is 0 Å². The largest absolute Gasteiger partial charge is 0.463 e. The summed E-state index contributed by atoms with van der Waals surface area (Å²) in [6, 6.07) is 9.35. The molecule has 0 unspecified atom stereocenters. The van der Waals surface area contributed by atoms with Gasteiger partial charge in [0, 0.05) is 12.4 Å². The molecule has 1 N–H and O–H groups in total. The average molecular weight is 313 g/mol. The van der Waals surface area contributed by atoms with Gasteiger partial charge in [-0.25, -0.2) is 4.98 Å². The number of amides is 1. The van der Waals surface area contributed by atoms with Gasteiger partial charge in [0.05, 0.1) is 18.2 Å². The van der Waals surface area contributed by atoms with Gasteiger partial charge in [0.15, 0.2) is 0 Å². The standard InChI is InChI=1S/C17H19N3O3/c1-17(2,20-16(22)14-11-18-8-9-19-14)12-23-15(21)10-13-6-4-3-5-7-13/h3-9,11H,10,12H2,1-2H3,(H,20,22). The molecule has 0 aliphatic rings. The molecule has 23 heavy (non-hydrogen) atoms. The van der Waals surface area contributed by atoms with Crippen molar-refractivity contribution in [3.8, 4) is 0 Å². The number of rotatable bonds is 6. The highest BCUT2D eigenvalue weighted by Crippen LogP contribution is 2.07. The third-order valence-electron chi connectivity index (χ3n) is 3.03. The third kappa shape index (κ3) is 5.50. The van der Waals surface area contributed by atoms with Crippen LogP contribution in [0.1, 0.15) is 29.9 Å². The maximum atomic E-state index is 12.0. The van der Waals surface area contributed by atoms with E-state index in [0.717, 1.165) is 5.56 Å². The van der Waals surface area contributed by atoms with Crippen LogP contribution >= 0.6 is 0 Å². The fraction of sp³-hybridized carbons (Fsp3) is 0.294. The van der Waals surface area contributed by atoms with E-state index in [9.17, 15) is 9.59 Å². The van der Waals surface area contributed by atoms with Crippen molar-refractivity contribution in [2.45, 2.75) is 25.8 Å². The Kier molecular flexibility index (Phi) is 5.41. The minimum Gasteiger partial charge on any atom is -0.463 e. The molecule has 0 aliphatic carbocycles. The topological polar surface area (TPSA) is 81.2 Å². The fourth-order valence-corrected chi connectivity index (χ4v) is 1.90. The van der Waals surface area contributed by atoms with Gasteiger partial charge in [0.1, 0.15) is 12.3 Å². The lowest BCUT2D eigenvalue weighted by Crippen LogP contribution is -2.47. The summed E-state index contributed by atoms with van der Waals surface area (Å²) >= 11 is 0. The first-order chi connectivity index (χ1) is 11.0. The highest BCUT2D eigenvalue weighted by Gasteiger charge is 2.24. The highest BCUT2D eigenvalue weighted by molar-refractivity contribution is 5.92. The summed E-state index contributed by atoms with van der Waals surface area (Å²) in [6.07, 6.45) is 4.52. The van der Waals surface area contributed by atoms with Gasteiger partial charge >= 0.3 is 5.97 Å². The van der Waals surface area contributed by atoms with Crippen LogP contribution in [0.3, 0.4) is 0 Å². The molecule has 0 fully saturated rings. The van der Waals surface area contributed by atoms with Crippen molar-refractivity contribution in [1.29, 1.82) is 0 Å². The lowest BCUT2D eigenvalue weighted by atomic mass is 10.1. The Morgan fingerprint density at radius 3 is 2.57 bits per heavy atom. The second-order valence-corrected chi connectivity index (χ2v) is 5.75. The molecular formula is C17H19N3O3. The van der Waals surface area contributed by atoms with E-state index < -0.39 is 5.54 Å². The number of nitrogens with one attached hydrogen (secondary N) is 1. The van der Waals surface area contributed by atoms with Crippen LogP contribution in [-0.4, -0.2) is 34.0 Å². The van der Waals surface area contributed by atoms with Gasteiger partial charge in [-0.3, -0.25) is 14.6 Å². The molecule has 1 amide bonds. The van der Waals surface area contributed by atoms with Gasteiger partial charge in [-0.1, -0.05) is 30.3 Å². The van der Waals surface area contributed by atoms with Gasteiger partial charge in [-0.2, -0.15) is 0 Å². The number of aromatic nitrogens is 2. The van der Waals surface area contributed by atoms with Crippen molar-refractivity contribution in [2.24, 2.45) is 0 Å². The molecule has 0 bridgehead atoms. The molecule has 6 nitrogen and oxygen atoms in total. The van der Waals surface area contributed by atoms with Crippen molar-refractivity contribution >= 4 is 11.9 Å². The molecule has 1 aromatic heterocycles. The average Bonchev–Trinajstić information content (AvgIpc) is 2.54. The van der Waals surface area contributed by atoms with E-state index in [1.807, 2.05) is 30.3 Å². The molecule has 0 radical (unpaired) electrons. The smallest absolute Gasteiger partial charge is 0.310 e. The van der Waals surface area contributed by atoms with Crippen LogP contribution in [0.5, 0.6) is 0 Å². The Hall–Kier alpha value is -2.76. The van der Waals surface area contributed by atoms with E-state index in [1.54, 1.807) is 13.8 Å².